The first-order valence-corrected chi connectivity index (χ1v) is 10.3. The lowest BCUT2D eigenvalue weighted by molar-refractivity contribution is -0.376. The second kappa shape index (κ2) is 10.7. The van der Waals surface area contributed by atoms with Gasteiger partial charge in [-0.05, 0) is 19.4 Å². The minimum Gasteiger partial charge on any atom is -0.475 e. The molecule has 0 radical (unpaired) electrons. The van der Waals surface area contributed by atoms with Crippen LogP contribution in [0.15, 0.2) is 36.7 Å². The molecule has 1 aliphatic rings. The molecule has 7 nitrogen and oxygen atoms in total. The molecule has 16 heteroatoms. The molecule has 0 spiro atoms. The van der Waals surface area contributed by atoms with Crippen LogP contribution in [0.5, 0.6) is 0 Å². The summed E-state index contributed by atoms with van der Waals surface area (Å²) in [6, 6.07) is 3.29. The van der Waals surface area contributed by atoms with Gasteiger partial charge in [0.2, 0.25) is 5.95 Å². The second-order valence-corrected chi connectivity index (χ2v) is 8.02. The minimum absolute atomic E-state index is 0.00872. The number of hydrogen-bond donors (Lipinski definition) is 2. The van der Waals surface area contributed by atoms with Gasteiger partial charge >= 0.3 is 24.5 Å². The zero-order valence-electron chi connectivity index (χ0n) is 19.0. The van der Waals surface area contributed by atoms with Gasteiger partial charge in [-0.2, -0.15) is 39.5 Å². The van der Waals surface area contributed by atoms with Crippen molar-refractivity contribution in [2.24, 2.45) is 0 Å². The lowest BCUT2D eigenvalue weighted by Gasteiger charge is -2.35. The maximum atomic E-state index is 13.0. The zero-order valence-corrected chi connectivity index (χ0v) is 19.0. The van der Waals surface area contributed by atoms with Crippen molar-refractivity contribution in [2.75, 3.05) is 18.0 Å². The van der Waals surface area contributed by atoms with Crippen molar-refractivity contribution in [1.82, 2.24) is 9.97 Å². The Bertz CT molecular complexity index is 1030. The van der Waals surface area contributed by atoms with Gasteiger partial charge in [0.25, 0.3) is 5.60 Å². The predicted molar refractivity (Wildman–Crippen MR) is 109 cm³/mol. The summed E-state index contributed by atoms with van der Waals surface area (Å²) in [5, 5.41) is 16.6. The van der Waals surface area contributed by atoms with Crippen molar-refractivity contribution in [1.29, 1.82) is 0 Å². The molecule has 0 aliphatic carbocycles. The van der Waals surface area contributed by atoms with Crippen molar-refractivity contribution >= 4 is 11.9 Å². The number of rotatable bonds is 3. The van der Waals surface area contributed by atoms with E-state index >= 15 is 0 Å². The zero-order chi connectivity index (χ0) is 28.4. The average molecular weight is 549 g/mol. The van der Waals surface area contributed by atoms with E-state index in [4.69, 9.17) is 14.6 Å². The van der Waals surface area contributed by atoms with Crippen LogP contribution < -0.4 is 4.90 Å². The van der Waals surface area contributed by atoms with Crippen molar-refractivity contribution in [3.05, 3.63) is 42.2 Å². The Kier molecular flexibility index (Phi) is 8.69. The number of nitrogens with zero attached hydrogens (tertiary/aromatic N) is 3. The number of aliphatic carboxylic acids is 1. The molecule has 1 aromatic heterocycles. The van der Waals surface area contributed by atoms with E-state index in [2.05, 4.69) is 9.97 Å². The topological polar surface area (TPSA) is 95.8 Å². The van der Waals surface area contributed by atoms with Crippen LogP contribution in [0.1, 0.15) is 19.4 Å². The summed E-state index contributed by atoms with van der Waals surface area (Å²) < 4.78 is 115. The first-order valence-electron chi connectivity index (χ1n) is 10.3. The maximum Gasteiger partial charge on any atom is 0.490 e. The number of hydrogen-bond acceptors (Lipinski definition) is 6. The number of morpholine rings is 1. The first kappa shape index (κ1) is 30.1. The van der Waals surface area contributed by atoms with Gasteiger partial charge in [0.15, 0.2) is 0 Å². The first-order chi connectivity index (χ1) is 16.8. The van der Waals surface area contributed by atoms with Gasteiger partial charge in [0.1, 0.15) is 0 Å². The van der Waals surface area contributed by atoms with Crippen LogP contribution in [0.25, 0.3) is 11.1 Å². The molecule has 2 N–H and O–H groups in total. The van der Waals surface area contributed by atoms with Crippen molar-refractivity contribution in [2.45, 2.75) is 50.2 Å². The molecule has 1 fully saturated rings. The second-order valence-electron chi connectivity index (χ2n) is 8.02. The van der Waals surface area contributed by atoms with Gasteiger partial charge in [0.05, 0.1) is 12.2 Å². The monoisotopic (exact) mass is 549 g/mol. The molecule has 2 aromatic rings. The largest absolute Gasteiger partial charge is 0.490 e. The molecular weight excluding hydrogens is 529 g/mol. The summed E-state index contributed by atoms with van der Waals surface area (Å²) in [5.41, 5.74) is -5.56. The summed E-state index contributed by atoms with van der Waals surface area (Å²) in [6.07, 6.45) is -14.1. The molecule has 1 aromatic carbocycles. The molecule has 37 heavy (non-hydrogen) atoms. The van der Waals surface area contributed by atoms with E-state index in [0.717, 1.165) is 12.1 Å². The Morgan fingerprint density at radius 3 is 1.62 bits per heavy atom. The van der Waals surface area contributed by atoms with E-state index in [0.29, 0.717) is 42.3 Å². The van der Waals surface area contributed by atoms with Crippen LogP contribution in [0.2, 0.25) is 0 Å². The summed E-state index contributed by atoms with van der Waals surface area (Å²) in [5.74, 6) is -2.31. The van der Waals surface area contributed by atoms with E-state index in [9.17, 15) is 44.6 Å². The van der Waals surface area contributed by atoms with Crippen LogP contribution in [-0.2, 0) is 15.1 Å². The highest BCUT2D eigenvalue weighted by molar-refractivity contribution is 5.73. The number of anilines is 1. The third-order valence-corrected chi connectivity index (χ3v) is 5.04. The Morgan fingerprint density at radius 2 is 1.27 bits per heavy atom. The number of carboxylic acid groups (broad SMARTS) is 1. The molecule has 0 amide bonds. The van der Waals surface area contributed by atoms with E-state index in [1.165, 1.54) is 12.4 Å². The number of ether oxygens (including phenoxy) is 1. The molecule has 1 aliphatic heterocycles. The van der Waals surface area contributed by atoms with Gasteiger partial charge in [-0.1, -0.05) is 24.3 Å². The lowest BCUT2D eigenvalue weighted by atomic mass is 9.91. The third kappa shape index (κ3) is 7.00. The number of aliphatic hydroxyl groups is 1. The Labute approximate surface area is 203 Å². The normalized spacial score (nSPS) is 19.2. The Balaban J connectivity index is 0.000000604. The van der Waals surface area contributed by atoms with Crippen LogP contribution in [0.4, 0.5) is 45.5 Å². The maximum absolute atomic E-state index is 13.0. The molecular formula is C21H20F9N3O4. The highest BCUT2D eigenvalue weighted by atomic mass is 19.4. The predicted octanol–water partition coefficient (Wildman–Crippen LogP) is 4.70. The van der Waals surface area contributed by atoms with Crippen molar-refractivity contribution in [3.8, 4) is 11.1 Å². The van der Waals surface area contributed by atoms with E-state index in [1.807, 2.05) is 18.7 Å². The standard InChI is InChI=1S/C19H19F6N3O2.C2HF3O2/c1-11-9-28(10-12(2)30-11)16-26-7-14(8-27-16)13-3-5-15(6-4-13)17(29,18(20,21)22)19(23,24)25;3-2(4,5)1(6)7/h3-8,11-12,29H,9-10H2,1-2H3;(H,6,7). The van der Waals surface area contributed by atoms with Crippen molar-refractivity contribution in [3.63, 3.8) is 0 Å². The fourth-order valence-electron chi connectivity index (χ4n) is 3.37. The summed E-state index contributed by atoms with van der Waals surface area (Å²) >= 11 is 0. The number of alkyl halides is 9. The smallest absolute Gasteiger partial charge is 0.475 e. The molecule has 0 saturated carbocycles. The fraction of sp³-hybridized carbons (Fsp3) is 0.476. The van der Waals surface area contributed by atoms with Crippen LogP contribution in [0, 0.1) is 0 Å². The highest BCUT2D eigenvalue weighted by Gasteiger charge is 2.71. The number of halogens is 9. The SMILES string of the molecule is CC1CN(c2ncc(-c3ccc(C(O)(C(F)(F)F)C(F)(F)F)cc3)cn2)CC(C)O1.O=C(O)C(F)(F)F. The Hall–Kier alpha value is -3.14. The van der Waals surface area contributed by atoms with E-state index < -0.39 is 35.7 Å². The van der Waals surface area contributed by atoms with Gasteiger partial charge in [0, 0.05) is 36.6 Å². The van der Waals surface area contributed by atoms with Gasteiger partial charge in [-0.25, -0.2) is 14.8 Å². The minimum atomic E-state index is -5.93. The van der Waals surface area contributed by atoms with E-state index in [1.54, 1.807) is 0 Å². The van der Waals surface area contributed by atoms with Crippen LogP contribution in [-0.4, -0.2) is 70.0 Å². The number of carboxylic acids is 1. The molecule has 1 saturated heterocycles. The molecule has 2 heterocycles. The fourth-order valence-corrected chi connectivity index (χ4v) is 3.37. The highest BCUT2D eigenvalue weighted by Crippen LogP contribution is 2.50. The average Bonchev–Trinajstić information content (AvgIpc) is 2.76. The summed E-state index contributed by atoms with van der Waals surface area (Å²) in [7, 11) is 0. The van der Waals surface area contributed by atoms with Crippen LogP contribution in [0.3, 0.4) is 0 Å². The number of carbonyl (C=O) groups is 1. The number of benzene rings is 1. The molecule has 0 bridgehead atoms. The van der Waals surface area contributed by atoms with Gasteiger partial charge < -0.3 is 19.8 Å². The number of aromatic nitrogens is 2. The summed E-state index contributed by atoms with van der Waals surface area (Å²) in [4.78, 5) is 19.3. The quantitative estimate of drug-likeness (QED) is 0.536. The third-order valence-electron chi connectivity index (χ3n) is 5.04. The van der Waals surface area contributed by atoms with Crippen molar-refractivity contribution < 1.29 is 59.3 Å². The molecule has 3 rings (SSSR count). The van der Waals surface area contributed by atoms with E-state index in [-0.39, 0.29) is 12.2 Å². The molecule has 2 unspecified atom stereocenters. The lowest BCUT2D eigenvalue weighted by Crippen LogP contribution is -2.53. The summed E-state index contributed by atoms with van der Waals surface area (Å²) in [6.45, 7) is 5.01. The molecule has 206 valence electrons. The van der Waals surface area contributed by atoms with Gasteiger partial charge in [-0.15, -0.1) is 0 Å². The molecule has 2 atom stereocenters. The van der Waals surface area contributed by atoms with Crippen LogP contribution >= 0.6 is 0 Å². The van der Waals surface area contributed by atoms with Gasteiger partial charge in [-0.3, -0.25) is 0 Å². The Morgan fingerprint density at radius 1 is 0.865 bits per heavy atom.